The van der Waals surface area contributed by atoms with Gasteiger partial charge in [0.2, 0.25) is 0 Å². The van der Waals surface area contributed by atoms with Crippen molar-refractivity contribution in [3.63, 3.8) is 0 Å². The second-order valence-corrected chi connectivity index (χ2v) is 8.63. The summed E-state index contributed by atoms with van der Waals surface area (Å²) >= 11 is 6.14. The zero-order valence-corrected chi connectivity index (χ0v) is 14.3. The zero-order chi connectivity index (χ0) is 15.6. The molecule has 1 aromatic carbocycles. The first kappa shape index (κ1) is 16.6. The van der Waals surface area contributed by atoms with Gasteiger partial charge in [0.25, 0.3) is 0 Å². The Hall–Kier alpha value is -0.780. The molecule has 1 aliphatic rings. The maximum Gasteiger partial charge on any atom is 0.154 e. The van der Waals surface area contributed by atoms with Crippen molar-refractivity contribution in [2.45, 2.75) is 39.4 Å². The van der Waals surface area contributed by atoms with Crippen molar-refractivity contribution >= 4 is 27.1 Å². The molecule has 21 heavy (non-hydrogen) atoms. The highest BCUT2D eigenvalue weighted by molar-refractivity contribution is 7.91. The van der Waals surface area contributed by atoms with E-state index in [-0.39, 0.29) is 17.5 Å². The summed E-state index contributed by atoms with van der Waals surface area (Å²) in [6.07, 6.45) is 0. The van der Waals surface area contributed by atoms with E-state index < -0.39 is 9.84 Å². The number of hydrogen-bond acceptors (Lipinski definition) is 4. The minimum absolute atomic E-state index is 0.0278. The average molecular weight is 331 g/mol. The lowest BCUT2D eigenvalue weighted by Crippen LogP contribution is -2.47. The third-order valence-electron chi connectivity index (χ3n) is 3.73. The first-order chi connectivity index (χ1) is 9.78. The maximum absolute atomic E-state index is 11.7. The molecule has 1 unspecified atom stereocenters. The number of anilines is 1. The van der Waals surface area contributed by atoms with Gasteiger partial charge in [0.1, 0.15) is 0 Å². The minimum atomic E-state index is -2.91. The van der Waals surface area contributed by atoms with Crippen LogP contribution in [0.5, 0.6) is 0 Å². The van der Waals surface area contributed by atoms with Crippen LogP contribution >= 0.6 is 11.6 Å². The standard InChI is InChI=1S/C15H23ClN2O2S/c1-11(2)17-9-13-4-5-14(16)8-15(13)18-6-7-21(19,20)10-12(18)3/h4-5,8,11-12,17H,6-7,9-10H2,1-3H3. The van der Waals surface area contributed by atoms with E-state index >= 15 is 0 Å². The number of nitrogens with one attached hydrogen (secondary N) is 1. The van der Waals surface area contributed by atoms with E-state index in [2.05, 4.69) is 24.1 Å². The van der Waals surface area contributed by atoms with Crippen molar-refractivity contribution in [3.8, 4) is 0 Å². The van der Waals surface area contributed by atoms with Gasteiger partial charge in [-0.05, 0) is 24.6 Å². The lowest BCUT2D eigenvalue weighted by atomic mass is 10.1. The molecule has 0 aliphatic carbocycles. The van der Waals surface area contributed by atoms with Gasteiger partial charge in [-0.15, -0.1) is 0 Å². The molecule has 1 fully saturated rings. The Bertz CT molecular complexity index is 602. The van der Waals surface area contributed by atoms with Crippen LogP contribution in [0.25, 0.3) is 0 Å². The number of rotatable bonds is 4. The van der Waals surface area contributed by atoms with Crippen LogP contribution in [0.2, 0.25) is 5.02 Å². The highest BCUT2D eigenvalue weighted by atomic mass is 35.5. The summed E-state index contributed by atoms with van der Waals surface area (Å²) in [6, 6.07) is 6.21. The molecule has 0 bridgehead atoms. The van der Waals surface area contributed by atoms with Crippen molar-refractivity contribution < 1.29 is 8.42 Å². The molecule has 1 aliphatic heterocycles. The fraction of sp³-hybridized carbons (Fsp3) is 0.600. The van der Waals surface area contributed by atoms with Gasteiger partial charge in [-0.2, -0.15) is 0 Å². The topological polar surface area (TPSA) is 49.4 Å². The quantitative estimate of drug-likeness (QED) is 0.921. The van der Waals surface area contributed by atoms with Crippen molar-refractivity contribution in [2.24, 2.45) is 0 Å². The molecule has 2 rings (SSSR count). The van der Waals surface area contributed by atoms with Crippen LogP contribution in [0.15, 0.2) is 18.2 Å². The van der Waals surface area contributed by atoms with E-state index in [1.54, 1.807) is 0 Å². The lowest BCUT2D eigenvalue weighted by Gasteiger charge is -2.36. The van der Waals surface area contributed by atoms with Gasteiger partial charge in [-0.25, -0.2) is 8.42 Å². The smallest absolute Gasteiger partial charge is 0.154 e. The van der Waals surface area contributed by atoms with Crippen LogP contribution < -0.4 is 10.2 Å². The molecular formula is C15H23ClN2O2S. The molecule has 1 aromatic rings. The van der Waals surface area contributed by atoms with Gasteiger partial charge in [-0.1, -0.05) is 31.5 Å². The van der Waals surface area contributed by atoms with E-state index in [0.717, 1.165) is 17.8 Å². The minimum Gasteiger partial charge on any atom is -0.366 e. The average Bonchev–Trinajstić information content (AvgIpc) is 2.36. The van der Waals surface area contributed by atoms with Gasteiger partial charge in [0.05, 0.1) is 11.5 Å². The van der Waals surface area contributed by atoms with Crippen molar-refractivity contribution in [1.29, 1.82) is 0 Å². The molecule has 1 saturated heterocycles. The molecule has 1 N–H and O–H groups in total. The molecule has 0 radical (unpaired) electrons. The summed E-state index contributed by atoms with van der Waals surface area (Å²) in [5.41, 5.74) is 2.19. The first-order valence-corrected chi connectivity index (χ1v) is 9.47. The highest BCUT2D eigenvalue weighted by Crippen LogP contribution is 2.28. The number of sulfone groups is 1. The van der Waals surface area contributed by atoms with Gasteiger partial charge in [-0.3, -0.25) is 0 Å². The van der Waals surface area contributed by atoms with Crippen LogP contribution in [0.4, 0.5) is 5.69 Å². The lowest BCUT2D eigenvalue weighted by molar-refractivity contribution is 0.564. The monoisotopic (exact) mass is 330 g/mol. The summed E-state index contributed by atoms with van der Waals surface area (Å²) < 4.78 is 23.5. The normalized spacial score (nSPS) is 21.8. The van der Waals surface area contributed by atoms with Crippen LogP contribution in [0, 0.1) is 0 Å². The first-order valence-electron chi connectivity index (χ1n) is 7.27. The molecule has 0 spiro atoms. The predicted molar refractivity (Wildman–Crippen MR) is 88.9 cm³/mol. The van der Waals surface area contributed by atoms with E-state index in [1.165, 1.54) is 0 Å². The molecule has 1 heterocycles. The van der Waals surface area contributed by atoms with E-state index in [1.807, 2.05) is 25.1 Å². The van der Waals surface area contributed by atoms with E-state index in [4.69, 9.17) is 11.6 Å². The third-order valence-corrected chi connectivity index (χ3v) is 5.76. The number of nitrogens with zero attached hydrogens (tertiary/aromatic N) is 1. The molecule has 0 aromatic heterocycles. The van der Waals surface area contributed by atoms with Gasteiger partial charge in [0.15, 0.2) is 9.84 Å². The Morgan fingerprint density at radius 1 is 1.43 bits per heavy atom. The molecular weight excluding hydrogens is 308 g/mol. The Balaban J connectivity index is 2.27. The summed E-state index contributed by atoms with van der Waals surface area (Å²) in [5, 5.41) is 4.08. The van der Waals surface area contributed by atoms with Crippen molar-refractivity contribution in [2.75, 3.05) is 23.0 Å². The number of benzene rings is 1. The molecule has 118 valence electrons. The zero-order valence-electron chi connectivity index (χ0n) is 12.8. The van der Waals surface area contributed by atoms with Crippen LogP contribution in [-0.4, -0.2) is 38.6 Å². The SMILES string of the molecule is CC(C)NCc1ccc(Cl)cc1N1CCS(=O)(=O)CC1C. The highest BCUT2D eigenvalue weighted by Gasteiger charge is 2.29. The fourth-order valence-corrected chi connectivity index (χ4v) is 4.35. The molecule has 1 atom stereocenters. The molecule has 4 nitrogen and oxygen atoms in total. The Kier molecular flexibility index (Phi) is 5.17. The van der Waals surface area contributed by atoms with Crippen molar-refractivity contribution in [3.05, 3.63) is 28.8 Å². The Morgan fingerprint density at radius 2 is 2.14 bits per heavy atom. The van der Waals surface area contributed by atoms with E-state index in [9.17, 15) is 8.42 Å². The predicted octanol–water partition coefficient (Wildman–Crippen LogP) is 2.46. The summed E-state index contributed by atoms with van der Waals surface area (Å²) in [7, 11) is -2.91. The molecule has 0 amide bonds. The van der Waals surface area contributed by atoms with Gasteiger partial charge >= 0.3 is 0 Å². The summed E-state index contributed by atoms with van der Waals surface area (Å²) in [4.78, 5) is 2.16. The largest absolute Gasteiger partial charge is 0.366 e. The molecule has 0 saturated carbocycles. The number of halogens is 1. The van der Waals surface area contributed by atoms with E-state index in [0.29, 0.717) is 17.6 Å². The number of hydrogen-bond donors (Lipinski definition) is 1. The summed E-state index contributed by atoms with van der Waals surface area (Å²) in [6.45, 7) is 7.44. The summed E-state index contributed by atoms with van der Waals surface area (Å²) in [5.74, 6) is 0.414. The molecule has 6 heteroatoms. The van der Waals surface area contributed by atoms with Crippen molar-refractivity contribution in [1.82, 2.24) is 5.32 Å². The van der Waals surface area contributed by atoms with Gasteiger partial charge < -0.3 is 10.2 Å². The fourth-order valence-electron chi connectivity index (χ4n) is 2.62. The third kappa shape index (κ3) is 4.34. The van der Waals surface area contributed by atoms with Crippen LogP contribution in [0.1, 0.15) is 26.3 Å². The Labute approximate surface area is 132 Å². The van der Waals surface area contributed by atoms with Crippen LogP contribution in [-0.2, 0) is 16.4 Å². The van der Waals surface area contributed by atoms with Gasteiger partial charge in [0, 0.05) is 35.9 Å². The Morgan fingerprint density at radius 3 is 2.76 bits per heavy atom. The van der Waals surface area contributed by atoms with Crippen LogP contribution in [0.3, 0.4) is 0 Å². The second-order valence-electron chi connectivity index (χ2n) is 5.97. The second kappa shape index (κ2) is 6.55. The maximum atomic E-state index is 11.7.